The minimum absolute atomic E-state index is 0.534. The number of nitriles is 1. The Balaban J connectivity index is 1.11. The van der Waals surface area contributed by atoms with Gasteiger partial charge in [-0.15, -0.1) is 0 Å². The van der Waals surface area contributed by atoms with E-state index < -0.39 is 0 Å². The molecule has 0 bridgehead atoms. The number of aromatic nitrogens is 6. The molecule has 8 aromatic carbocycles. The monoisotopic (exact) mass is 807 g/mol. The summed E-state index contributed by atoms with van der Waals surface area (Å²) >= 11 is 0. The Morgan fingerprint density at radius 3 is 1.21 bits per heavy atom. The highest BCUT2D eigenvalue weighted by Gasteiger charge is 2.19. The first kappa shape index (κ1) is 38.5. The maximum Gasteiger partial charge on any atom is 0.164 e. The van der Waals surface area contributed by atoms with Gasteiger partial charge < -0.3 is 0 Å². The second-order valence-corrected chi connectivity index (χ2v) is 15.2. The lowest BCUT2D eigenvalue weighted by molar-refractivity contribution is 1.07. The summed E-state index contributed by atoms with van der Waals surface area (Å²) in [5.41, 5.74) is 12.7. The van der Waals surface area contributed by atoms with Crippen LogP contribution < -0.4 is 0 Å². The first-order chi connectivity index (χ1) is 31.1. The second kappa shape index (κ2) is 17.1. The smallest absolute Gasteiger partial charge is 0.164 e. The first-order valence-corrected chi connectivity index (χ1v) is 20.7. The molecule has 0 unspecified atom stereocenters. The van der Waals surface area contributed by atoms with E-state index in [1.165, 1.54) is 5.56 Å². The van der Waals surface area contributed by atoms with Gasteiger partial charge in [-0.05, 0) is 64.6 Å². The Labute approximate surface area is 365 Å². The van der Waals surface area contributed by atoms with Gasteiger partial charge in [-0.1, -0.05) is 188 Å². The molecule has 2 aromatic heterocycles. The normalized spacial score (nSPS) is 10.9. The van der Waals surface area contributed by atoms with Gasteiger partial charge in [0.15, 0.2) is 34.9 Å². The zero-order valence-electron chi connectivity index (χ0n) is 34.3. The topological polar surface area (TPSA) is 101 Å². The Morgan fingerprint density at radius 2 is 0.683 bits per heavy atom. The van der Waals surface area contributed by atoms with Gasteiger partial charge in [0.2, 0.25) is 0 Å². The highest BCUT2D eigenvalue weighted by Crippen LogP contribution is 2.40. The summed E-state index contributed by atoms with van der Waals surface area (Å²) < 4.78 is 0. The predicted molar refractivity (Wildman–Crippen MR) is 252 cm³/mol. The predicted octanol–water partition coefficient (Wildman–Crippen LogP) is 13.2. The second-order valence-electron chi connectivity index (χ2n) is 15.2. The molecule has 0 radical (unpaired) electrons. The number of rotatable bonds is 9. The van der Waals surface area contributed by atoms with Crippen molar-refractivity contribution in [3.05, 3.63) is 217 Å². The molecular weight excluding hydrogens is 771 g/mol. The molecule has 0 saturated carbocycles. The van der Waals surface area contributed by atoms with Crippen LogP contribution in [0.25, 0.3) is 102 Å². The van der Waals surface area contributed by atoms with Crippen molar-refractivity contribution in [1.29, 1.82) is 5.26 Å². The molecule has 0 saturated heterocycles. The number of hydrogen-bond acceptors (Lipinski definition) is 7. The molecule has 0 atom stereocenters. The van der Waals surface area contributed by atoms with Crippen LogP contribution in [0.1, 0.15) is 11.1 Å². The van der Waals surface area contributed by atoms with Crippen molar-refractivity contribution >= 4 is 0 Å². The van der Waals surface area contributed by atoms with Crippen LogP contribution in [0.15, 0.2) is 206 Å². The quantitative estimate of drug-likeness (QED) is 0.143. The van der Waals surface area contributed by atoms with E-state index in [1.807, 2.05) is 152 Å². The molecule has 10 rings (SSSR count). The Kier molecular flexibility index (Phi) is 10.4. The fourth-order valence-corrected chi connectivity index (χ4v) is 7.69. The third-order valence-corrected chi connectivity index (χ3v) is 10.9. The van der Waals surface area contributed by atoms with Gasteiger partial charge in [0.05, 0.1) is 11.6 Å². The molecule has 10 aromatic rings. The van der Waals surface area contributed by atoms with Crippen LogP contribution in [0.2, 0.25) is 0 Å². The number of benzene rings is 8. The van der Waals surface area contributed by atoms with Crippen LogP contribution in [0, 0.1) is 18.3 Å². The molecule has 7 heteroatoms. The maximum absolute atomic E-state index is 10.2. The molecular formula is C56H37N7. The van der Waals surface area contributed by atoms with Gasteiger partial charge >= 0.3 is 0 Å². The van der Waals surface area contributed by atoms with E-state index >= 15 is 0 Å². The summed E-state index contributed by atoms with van der Waals surface area (Å²) in [6, 6.07) is 71.2. The van der Waals surface area contributed by atoms with E-state index in [1.54, 1.807) is 0 Å². The third-order valence-electron chi connectivity index (χ3n) is 10.9. The van der Waals surface area contributed by atoms with Gasteiger partial charge in [-0.3, -0.25) is 0 Å². The van der Waals surface area contributed by atoms with Crippen LogP contribution in [0.5, 0.6) is 0 Å². The van der Waals surface area contributed by atoms with Crippen molar-refractivity contribution in [2.75, 3.05) is 0 Å². The minimum atomic E-state index is 0.534. The van der Waals surface area contributed by atoms with E-state index in [9.17, 15) is 5.26 Å². The Morgan fingerprint density at radius 1 is 0.286 bits per heavy atom. The van der Waals surface area contributed by atoms with E-state index in [0.29, 0.717) is 40.5 Å². The van der Waals surface area contributed by atoms with Crippen LogP contribution >= 0.6 is 0 Å². The molecule has 0 N–H and O–H groups in total. The van der Waals surface area contributed by atoms with Crippen LogP contribution in [-0.4, -0.2) is 29.9 Å². The number of hydrogen-bond donors (Lipinski definition) is 0. The van der Waals surface area contributed by atoms with Crippen molar-refractivity contribution in [3.63, 3.8) is 0 Å². The summed E-state index contributed by atoms with van der Waals surface area (Å²) in [5, 5.41) is 10.2. The molecule has 63 heavy (non-hydrogen) atoms. The van der Waals surface area contributed by atoms with Crippen molar-refractivity contribution < 1.29 is 0 Å². The molecule has 0 aliphatic rings. The Hall–Kier alpha value is -8.73. The van der Waals surface area contributed by atoms with E-state index in [4.69, 9.17) is 29.9 Å². The summed E-state index contributed by atoms with van der Waals surface area (Å²) in [5.74, 6) is 3.38. The number of nitrogens with zero attached hydrogens (tertiary/aromatic N) is 7. The molecule has 0 aliphatic carbocycles. The van der Waals surface area contributed by atoms with Crippen LogP contribution in [0.4, 0.5) is 0 Å². The van der Waals surface area contributed by atoms with Gasteiger partial charge in [0, 0.05) is 33.4 Å². The lowest BCUT2D eigenvalue weighted by Crippen LogP contribution is -2.01. The summed E-state index contributed by atoms with van der Waals surface area (Å²) in [6.07, 6.45) is 0. The van der Waals surface area contributed by atoms with Crippen molar-refractivity contribution in [2.24, 2.45) is 0 Å². The largest absolute Gasteiger partial charge is 0.208 e. The summed E-state index contributed by atoms with van der Waals surface area (Å²) in [6.45, 7) is 2.09. The standard InChI is InChI=1S/C56H37N7/c1-37-27-30-39(31-28-37)43-21-13-23-45(34-43)54-59-51(40-15-5-2-6-16-40)60-55(61-54)46-24-14-22-44(35-46)50-33-38(36-57)29-32-48(50)47-25-11-12-26-49(47)56-62-52(41-17-7-3-8-18-41)58-53(63-56)42-19-9-4-10-20-42/h2-35H,1H3. The lowest BCUT2D eigenvalue weighted by Gasteiger charge is -2.16. The highest BCUT2D eigenvalue weighted by atomic mass is 15.0. The first-order valence-electron chi connectivity index (χ1n) is 20.7. The fraction of sp³-hybridized carbons (Fsp3) is 0.0179. The Bertz CT molecular complexity index is 3230. The van der Waals surface area contributed by atoms with E-state index in [0.717, 1.165) is 66.8 Å². The molecule has 2 heterocycles. The lowest BCUT2D eigenvalue weighted by atomic mass is 9.89. The van der Waals surface area contributed by atoms with Crippen molar-refractivity contribution in [3.8, 4) is 108 Å². The van der Waals surface area contributed by atoms with Crippen molar-refractivity contribution in [1.82, 2.24) is 29.9 Å². The summed E-state index contributed by atoms with van der Waals surface area (Å²) in [4.78, 5) is 30.3. The zero-order chi connectivity index (χ0) is 42.5. The molecule has 7 nitrogen and oxygen atoms in total. The third kappa shape index (κ3) is 8.13. The van der Waals surface area contributed by atoms with Crippen LogP contribution in [0.3, 0.4) is 0 Å². The van der Waals surface area contributed by atoms with E-state index in [2.05, 4.69) is 67.6 Å². The van der Waals surface area contributed by atoms with Crippen LogP contribution in [-0.2, 0) is 0 Å². The molecule has 296 valence electrons. The minimum Gasteiger partial charge on any atom is -0.208 e. The number of aryl methyl sites for hydroxylation is 1. The average molecular weight is 808 g/mol. The van der Waals surface area contributed by atoms with Gasteiger partial charge in [-0.25, -0.2) is 29.9 Å². The molecule has 0 spiro atoms. The molecule has 0 aliphatic heterocycles. The average Bonchev–Trinajstić information content (AvgIpc) is 3.37. The van der Waals surface area contributed by atoms with Gasteiger partial charge in [-0.2, -0.15) is 5.26 Å². The molecule has 0 fully saturated rings. The van der Waals surface area contributed by atoms with Crippen molar-refractivity contribution in [2.45, 2.75) is 6.92 Å². The summed E-state index contributed by atoms with van der Waals surface area (Å²) in [7, 11) is 0. The van der Waals surface area contributed by atoms with E-state index in [-0.39, 0.29) is 0 Å². The maximum atomic E-state index is 10.2. The molecule has 0 amide bonds. The van der Waals surface area contributed by atoms with Gasteiger partial charge in [0.25, 0.3) is 0 Å². The van der Waals surface area contributed by atoms with Gasteiger partial charge in [0.1, 0.15) is 0 Å². The highest BCUT2D eigenvalue weighted by molar-refractivity contribution is 5.92. The zero-order valence-corrected chi connectivity index (χ0v) is 34.3. The fourth-order valence-electron chi connectivity index (χ4n) is 7.69. The SMILES string of the molecule is Cc1ccc(-c2cccc(-c3nc(-c4ccccc4)nc(-c4cccc(-c5cc(C#N)ccc5-c5ccccc5-c5nc(-c6ccccc6)nc(-c6ccccc6)n5)c4)n3)c2)cc1.